The van der Waals surface area contributed by atoms with Crippen LogP contribution in [0.5, 0.6) is 0 Å². The van der Waals surface area contributed by atoms with E-state index in [4.69, 9.17) is 0 Å². The van der Waals surface area contributed by atoms with Gasteiger partial charge in [0.1, 0.15) is 0 Å². The molecule has 1 N–H and O–H groups in total. The molecule has 120 valence electrons. The Kier molecular flexibility index (Phi) is 7.49. The van der Waals surface area contributed by atoms with Crippen LogP contribution in [0.3, 0.4) is 0 Å². The van der Waals surface area contributed by atoms with Crippen LogP contribution in [0.25, 0.3) is 0 Å². The summed E-state index contributed by atoms with van der Waals surface area (Å²) in [6.07, 6.45) is 5.32. The average molecular weight is 284 g/mol. The van der Waals surface area contributed by atoms with Crippen molar-refractivity contribution in [3.63, 3.8) is 0 Å². The first-order valence-electron chi connectivity index (χ1n) is 8.48. The normalized spacial score (nSPS) is 23.7. The second kappa shape index (κ2) is 8.35. The Balaban J connectivity index is 2.46. The van der Waals surface area contributed by atoms with Crippen LogP contribution in [0.4, 0.5) is 0 Å². The number of hydrogen-bond acceptors (Lipinski definition) is 3. The first kappa shape index (κ1) is 17.9. The SMILES string of the molecule is CCCC(C)(CNC(C)C)CN(C)CC1CCCN1C. The third-order valence-electron chi connectivity index (χ3n) is 4.64. The maximum absolute atomic E-state index is 3.64. The Bertz CT molecular complexity index is 267. The molecule has 0 spiro atoms. The van der Waals surface area contributed by atoms with Gasteiger partial charge < -0.3 is 15.1 Å². The number of rotatable bonds is 9. The second-order valence-electron chi connectivity index (χ2n) is 7.57. The molecule has 0 saturated carbocycles. The molecule has 0 amide bonds. The van der Waals surface area contributed by atoms with Crippen molar-refractivity contribution in [1.29, 1.82) is 0 Å². The fraction of sp³-hybridized carbons (Fsp3) is 1.00. The Morgan fingerprint density at radius 3 is 2.60 bits per heavy atom. The third-order valence-corrected chi connectivity index (χ3v) is 4.64. The Morgan fingerprint density at radius 2 is 2.10 bits per heavy atom. The molecule has 1 saturated heterocycles. The molecular weight excluding hydrogens is 246 g/mol. The first-order chi connectivity index (χ1) is 9.36. The molecule has 1 heterocycles. The molecule has 0 radical (unpaired) electrons. The van der Waals surface area contributed by atoms with E-state index in [9.17, 15) is 0 Å². The van der Waals surface area contributed by atoms with E-state index in [1.165, 1.54) is 45.3 Å². The number of nitrogens with one attached hydrogen (secondary N) is 1. The zero-order valence-corrected chi connectivity index (χ0v) is 14.7. The largest absolute Gasteiger partial charge is 0.314 e. The summed E-state index contributed by atoms with van der Waals surface area (Å²) >= 11 is 0. The number of likely N-dealkylation sites (tertiary alicyclic amines) is 1. The van der Waals surface area contributed by atoms with Crippen molar-refractivity contribution >= 4 is 0 Å². The highest BCUT2D eigenvalue weighted by molar-refractivity contribution is 4.84. The third kappa shape index (κ3) is 6.11. The molecule has 0 aromatic carbocycles. The van der Waals surface area contributed by atoms with Gasteiger partial charge in [-0.15, -0.1) is 0 Å². The first-order valence-corrected chi connectivity index (χ1v) is 8.48. The zero-order chi connectivity index (χ0) is 15.2. The van der Waals surface area contributed by atoms with E-state index < -0.39 is 0 Å². The molecule has 2 unspecified atom stereocenters. The van der Waals surface area contributed by atoms with Gasteiger partial charge in [0.2, 0.25) is 0 Å². The van der Waals surface area contributed by atoms with E-state index in [1.54, 1.807) is 0 Å². The predicted molar refractivity (Wildman–Crippen MR) is 89.3 cm³/mol. The van der Waals surface area contributed by atoms with Crippen molar-refractivity contribution in [2.75, 3.05) is 40.3 Å². The summed E-state index contributed by atoms with van der Waals surface area (Å²) in [5.41, 5.74) is 0.394. The smallest absolute Gasteiger partial charge is 0.0220 e. The fourth-order valence-corrected chi connectivity index (χ4v) is 3.56. The van der Waals surface area contributed by atoms with Gasteiger partial charge in [0, 0.05) is 31.7 Å². The van der Waals surface area contributed by atoms with Crippen molar-refractivity contribution < 1.29 is 0 Å². The van der Waals surface area contributed by atoms with Gasteiger partial charge in [0.25, 0.3) is 0 Å². The number of nitrogens with zero attached hydrogens (tertiary/aromatic N) is 2. The lowest BCUT2D eigenvalue weighted by Crippen LogP contribution is -2.45. The summed E-state index contributed by atoms with van der Waals surface area (Å²) in [4.78, 5) is 5.09. The van der Waals surface area contributed by atoms with Crippen LogP contribution >= 0.6 is 0 Å². The van der Waals surface area contributed by atoms with Gasteiger partial charge in [-0.1, -0.05) is 34.1 Å². The molecule has 0 aromatic rings. The highest BCUT2D eigenvalue weighted by atomic mass is 15.2. The van der Waals surface area contributed by atoms with Crippen LogP contribution in [0, 0.1) is 5.41 Å². The van der Waals surface area contributed by atoms with Gasteiger partial charge in [-0.3, -0.25) is 0 Å². The quantitative estimate of drug-likeness (QED) is 0.702. The second-order valence-corrected chi connectivity index (χ2v) is 7.57. The monoisotopic (exact) mass is 283 g/mol. The Labute approximate surface area is 127 Å². The molecule has 3 heteroatoms. The van der Waals surface area contributed by atoms with Crippen LogP contribution in [-0.4, -0.2) is 62.2 Å². The Hall–Kier alpha value is -0.120. The van der Waals surface area contributed by atoms with Gasteiger partial charge in [0.15, 0.2) is 0 Å². The van der Waals surface area contributed by atoms with Gasteiger partial charge >= 0.3 is 0 Å². The van der Waals surface area contributed by atoms with Crippen molar-refractivity contribution in [2.24, 2.45) is 5.41 Å². The molecule has 20 heavy (non-hydrogen) atoms. The highest BCUT2D eigenvalue weighted by Crippen LogP contribution is 2.25. The lowest BCUT2D eigenvalue weighted by Gasteiger charge is -2.36. The van der Waals surface area contributed by atoms with Crippen molar-refractivity contribution in [1.82, 2.24) is 15.1 Å². The lowest BCUT2D eigenvalue weighted by atomic mass is 9.84. The molecule has 3 nitrogen and oxygen atoms in total. The lowest BCUT2D eigenvalue weighted by molar-refractivity contribution is 0.142. The number of hydrogen-bond donors (Lipinski definition) is 1. The van der Waals surface area contributed by atoms with Crippen LogP contribution in [0.2, 0.25) is 0 Å². The fourth-order valence-electron chi connectivity index (χ4n) is 3.56. The standard InChI is InChI=1S/C17H37N3/c1-7-10-17(4,13-18-15(2)3)14-19(5)12-16-9-8-11-20(16)6/h15-16,18H,7-14H2,1-6H3. The van der Waals surface area contributed by atoms with E-state index in [0.29, 0.717) is 11.5 Å². The van der Waals surface area contributed by atoms with E-state index >= 15 is 0 Å². The molecule has 1 aliphatic rings. The minimum absolute atomic E-state index is 0.394. The predicted octanol–water partition coefficient (Wildman–Crippen LogP) is 2.82. The topological polar surface area (TPSA) is 18.5 Å². The van der Waals surface area contributed by atoms with Crippen LogP contribution in [-0.2, 0) is 0 Å². The summed E-state index contributed by atoms with van der Waals surface area (Å²) in [5, 5.41) is 3.64. The van der Waals surface area contributed by atoms with Crippen molar-refractivity contribution in [3.05, 3.63) is 0 Å². The summed E-state index contributed by atoms with van der Waals surface area (Å²) in [7, 11) is 4.58. The van der Waals surface area contributed by atoms with Gasteiger partial charge in [-0.05, 0) is 45.3 Å². The summed E-state index contributed by atoms with van der Waals surface area (Å²) < 4.78 is 0. The molecule has 1 aliphatic heterocycles. The molecule has 0 aromatic heterocycles. The molecular formula is C17H37N3. The molecule has 2 atom stereocenters. The van der Waals surface area contributed by atoms with Gasteiger partial charge in [-0.25, -0.2) is 0 Å². The molecule has 0 bridgehead atoms. The summed E-state index contributed by atoms with van der Waals surface area (Å²) in [6, 6.07) is 1.35. The van der Waals surface area contributed by atoms with Crippen LogP contribution in [0.15, 0.2) is 0 Å². The van der Waals surface area contributed by atoms with Gasteiger partial charge in [0.05, 0.1) is 0 Å². The van der Waals surface area contributed by atoms with E-state index in [0.717, 1.165) is 12.6 Å². The van der Waals surface area contributed by atoms with E-state index in [1.807, 2.05) is 0 Å². The maximum atomic E-state index is 3.64. The van der Waals surface area contributed by atoms with Gasteiger partial charge in [-0.2, -0.15) is 0 Å². The maximum Gasteiger partial charge on any atom is 0.0220 e. The van der Waals surface area contributed by atoms with E-state index in [-0.39, 0.29) is 0 Å². The van der Waals surface area contributed by atoms with Crippen molar-refractivity contribution in [3.8, 4) is 0 Å². The minimum atomic E-state index is 0.394. The summed E-state index contributed by atoms with van der Waals surface area (Å²) in [6.45, 7) is 14.1. The summed E-state index contributed by atoms with van der Waals surface area (Å²) in [5.74, 6) is 0. The Morgan fingerprint density at radius 1 is 1.40 bits per heavy atom. The zero-order valence-electron chi connectivity index (χ0n) is 14.7. The average Bonchev–Trinajstić information content (AvgIpc) is 2.73. The molecule has 1 rings (SSSR count). The number of likely N-dealkylation sites (N-methyl/N-ethyl adjacent to an activating group) is 2. The highest BCUT2D eigenvalue weighted by Gasteiger charge is 2.28. The molecule has 0 aliphatic carbocycles. The van der Waals surface area contributed by atoms with E-state index in [2.05, 4.69) is 56.9 Å². The van der Waals surface area contributed by atoms with Crippen LogP contribution < -0.4 is 5.32 Å². The minimum Gasteiger partial charge on any atom is -0.314 e. The van der Waals surface area contributed by atoms with Crippen molar-refractivity contribution in [2.45, 2.75) is 65.5 Å². The van der Waals surface area contributed by atoms with Crippen LogP contribution in [0.1, 0.15) is 53.4 Å². The molecule has 1 fully saturated rings.